The Labute approximate surface area is 55.1 Å². The Morgan fingerprint density at radius 1 is 1.56 bits per heavy atom. The van der Waals surface area contributed by atoms with E-state index in [0.29, 0.717) is 0 Å². The van der Waals surface area contributed by atoms with Crippen LogP contribution in [0.2, 0.25) is 0 Å². The molecule has 0 aromatic rings. The van der Waals surface area contributed by atoms with Gasteiger partial charge in [-0.05, 0) is 24.4 Å². The third-order valence-corrected chi connectivity index (χ3v) is 1.16. The fourth-order valence-corrected chi connectivity index (χ4v) is 0.619. The standard InChI is InChI=1S/C8H9N/c1-2-8-5-3-4-6-9-7-8/h3-6H,2H2,1H3. The van der Waals surface area contributed by atoms with Crippen molar-refractivity contribution in [3.63, 3.8) is 0 Å². The molecule has 0 atom stereocenters. The van der Waals surface area contributed by atoms with Crippen molar-refractivity contribution in [2.45, 2.75) is 13.3 Å². The summed E-state index contributed by atoms with van der Waals surface area (Å²) in [6.07, 6.45) is 8.63. The zero-order valence-electron chi connectivity index (χ0n) is 5.46. The summed E-state index contributed by atoms with van der Waals surface area (Å²) in [6.45, 7) is 2.09. The van der Waals surface area contributed by atoms with E-state index in [9.17, 15) is 0 Å². The molecule has 0 N–H and O–H groups in total. The van der Waals surface area contributed by atoms with Gasteiger partial charge >= 0.3 is 0 Å². The van der Waals surface area contributed by atoms with Crippen molar-refractivity contribution in [1.29, 1.82) is 0 Å². The molecule has 1 heterocycles. The molecule has 9 heavy (non-hydrogen) atoms. The van der Waals surface area contributed by atoms with Gasteiger partial charge in [-0.25, -0.2) is 4.99 Å². The highest BCUT2D eigenvalue weighted by molar-refractivity contribution is 5.63. The number of aliphatic imine (C=N–C) groups is 1. The van der Waals surface area contributed by atoms with E-state index in [0.717, 1.165) is 12.0 Å². The Morgan fingerprint density at radius 3 is 3.22 bits per heavy atom. The Hall–Kier alpha value is -1.07. The first kappa shape index (κ1) is 6.06. The van der Waals surface area contributed by atoms with Crippen LogP contribution in [-0.2, 0) is 0 Å². The summed E-state index contributed by atoms with van der Waals surface area (Å²) in [7, 11) is 0. The molecule has 0 bridgehead atoms. The molecule has 1 aliphatic heterocycles. The van der Waals surface area contributed by atoms with Crippen LogP contribution in [0.5, 0.6) is 0 Å². The van der Waals surface area contributed by atoms with Crippen molar-refractivity contribution in [2.75, 3.05) is 0 Å². The van der Waals surface area contributed by atoms with Gasteiger partial charge in [-0.1, -0.05) is 13.0 Å². The first-order chi connectivity index (χ1) is 4.43. The molecule has 1 nitrogen and oxygen atoms in total. The van der Waals surface area contributed by atoms with E-state index in [1.807, 2.05) is 18.2 Å². The second-order valence-electron chi connectivity index (χ2n) is 1.82. The molecule has 1 heteroatoms. The zero-order chi connectivity index (χ0) is 6.53. The molecule has 1 aliphatic rings. The van der Waals surface area contributed by atoms with Crippen molar-refractivity contribution in [3.05, 3.63) is 30.0 Å². The van der Waals surface area contributed by atoms with E-state index in [2.05, 4.69) is 17.8 Å². The molecule has 0 amide bonds. The van der Waals surface area contributed by atoms with Gasteiger partial charge in [0.15, 0.2) is 0 Å². The summed E-state index contributed by atoms with van der Waals surface area (Å²) >= 11 is 0. The minimum absolute atomic E-state index is 1.00. The number of rotatable bonds is 1. The minimum atomic E-state index is 1.00. The van der Waals surface area contributed by atoms with Crippen LogP contribution in [0.4, 0.5) is 0 Å². The fraction of sp³-hybridized carbons (Fsp3) is 0.250. The fourth-order valence-electron chi connectivity index (χ4n) is 0.619. The number of hydrogen-bond acceptors (Lipinski definition) is 1. The number of nitrogens with zero attached hydrogens (tertiary/aromatic N) is 1. The van der Waals surface area contributed by atoms with Crippen LogP contribution in [0.3, 0.4) is 0 Å². The van der Waals surface area contributed by atoms with Gasteiger partial charge in [0.05, 0.1) is 0 Å². The van der Waals surface area contributed by atoms with Crippen LogP contribution >= 0.6 is 0 Å². The van der Waals surface area contributed by atoms with Crippen molar-refractivity contribution >= 4 is 5.87 Å². The summed E-state index contributed by atoms with van der Waals surface area (Å²) in [5.74, 6) is 2.90. The van der Waals surface area contributed by atoms with Crippen LogP contribution in [0.15, 0.2) is 35.0 Å². The predicted octanol–water partition coefficient (Wildman–Crippen LogP) is 2.08. The summed E-state index contributed by atoms with van der Waals surface area (Å²) < 4.78 is 0. The average molecular weight is 119 g/mol. The van der Waals surface area contributed by atoms with Crippen LogP contribution < -0.4 is 0 Å². The van der Waals surface area contributed by atoms with Crippen molar-refractivity contribution in [3.8, 4) is 0 Å². The first-order valence-corrected chi connectivity index (χ1v) is 3.08. The maximum atomic E-state index is 3.89. The molecule has 0 aromatic carbocycles. The zero-order valence-corrected chi connectivity index (χ0v) is 5.46. The van der Waals surface area contributed by atoms with Gasteiger partial charge in [0.25, 0.3) is 0 Å². The Kier molecular flexibility index (Phi) is 2.06. The second kappa shape index (κ2) is 3.06. The van der Waals surface area contributed by atoms with Crippen molar-refractivity contribution in [1.82, 2.24) is 0 Å². The molecule has 0 aliphatic carbocycles. The van der Waals surface area contributed by atoms with Gasteiger partial charge in [0, 0.05) is 11.8 Å². The van der Waals surface area contributed by atoms with Crippen molar-refractivity contribution in [2.24, 2.45) is 4.99 Å². The van der Waals surface area contributed by atoms with Crippen LogP contribution in [0.1, 0.15) is 13.3 Å². The summed E-state index contributed by atoms with van der Waals surface area (Å²) in [4.78, 5) is 3.89. The van der Waals surface area contributed by atoms with E-state index < -0.39 is 0 Å². The molecule has 0 saturated heterocycles. The van der Waals surface area contributed by atoms with E-state index in [4.69, 9.17) is 0 Å². The second-order valence-corrected chi connectivity index (χ2v) is 1.82. The van der Waals surface area contributed by atoms with E-state index in [1.165, 1.54) is 0 Å². The minimum Gasteiger partial charge on any atom is -0.214 e. The molecule has 0 aromatic heterocycles. The maximum Gasteiger partial charge on any atom is 0.0368 e. The van der Waals surface area contributed by atoms with Crippen LogP contribution in [-0.4, -0.2) is 5.87 Å². The third-order valence-electron chi connectivity index (χ3n) is 1.16. The van der Waals surface area contributed by atoms with Gasteiger partial charge in [-0.15, -0.1) is 0 Å². The first-order valence-electron chi connectivity index (χ1n) is 3.08. The summed E-state index contributed by atoms with van der Waals surface area (Å²) in [5, 5.41) is 0. The number of hydrogen-bond donors (Lipinski definition) is 0. The van der Waals surface area contributed by atoms with Gasteiger partial charge in [-0.3, -0.25) is 0 Å². The lowest BCUT2D eigenvalue weighted by molar-refractivity contribution is 1.17. The lowest BCUT2D eigenvalue weighted by atomic mass is 10.2. The molecule has 0 saturated carbocycles. The van der Waals surface area contributed by atoms with Gasteiger partial charge in [-0.2, -0.15) is 0 Å². The van der Waals surface area contributed by atoms with Crippen molar-refractivity contribution < 1.29 is 0 Å². The van der Waals surface area contributed by atoms with Gasteiger partial charge in [0.2, 0.25) is 0 Å². The highest BCUT2D eigenvalue weighted by Crippen LogP contribution is 1.99. The lowest BCUT2D eigenvalue weighted by Crippen LogP contribution is -1.71. The normalized spacial score (nSPS) is 15.4. The average Bonchev–Trinajstić information content (AvgIpc) is 2.13. The predicted molar refractivity (Wildman–Crippen MR) is 39.5 cm³/mol. The molecular formula is C8H9N. The smallest absolute Gasteiger partial charge is 0.0368 e. The Balaban J connectivity index is 2.84. The molecule has 1 rings (SSSR count). The van der Waals surface area contributed by atoms with Gasteiger partial charge < -0.3 is 0 Å². The van der Waals surface area contributed by atoms with E-state index in [-0.39, 0.29) is 0 Å². The molecule has 0 spiro atoms. The van der Waals surface area contributed by atoms with E-state index in [1.54, 1.807) is 6.20 Å². The highest BCUT2D eigenvalue weighted by Gasteiger charge is 1.84. The molecule has 0 fully saturated rings. The molecule has 0 unspecified atom stereocenters. The SMILES string of the molecule is CCC1=C=NC=CC=C1. The highest BCUT2D eigenvalue weighted by atomic mass is 14.6. The lowest BCUT2D eigenvalue weighted by Gasteiger charge is -1.84. The van der Waals surface area contributed by atoms with E-state index >= 15 is 0 Å². The summed E-state index contributed by atoms with van der Waals surface area (Å²) in [6, 6.07) is 0. The number of allylic oxidation sites excluding steroid dienone is 4. The topological polar surface area (TPSA) is 12.4 Å². The van der Waals surface area contributed by atoms with Crippen LogP contribution in [0, 0.1) is 0 Å². The Morgan fingerprint density at radius 2 is 2.44 bits per heavy atom. The summed E-state index contributed by atoms with van der Waals surface area (Å²) in [5.41, 5.74) is 1.15. The largest absolute Gasteiger partial charge is 0.214 e. The quantitative estimate of drug-likeness (QED) is 0.501. The molecular weight excluding hydrogens is 110 g/mol. The molecule has 0 radical (unpaired) electrons. The van der Waals surface area contributed by atoms with Crippen LogP contribution in [0.25, 0.3) is 0 Å². The Bertz CT molecular complexity index is 203. The van der Waals surface area contributed by atoms with Gasteiger partial charge in [0.1, 0.15) is 0 Å². The monoisotopic (exact) mass is 119 g/mol. The molecule has 46 valence electrons. The maximum absolute atomic E-state index is 3.89. The third kappa shape index (κ3) is 1.71.